The third kappa shape index (κ3) is 3.53. The van der Waals surface area contributed by atoms with Crippen molar-refractivity contribution in [2.24, 2.45) is 0 Å². The minimum absolute atomic E-state index is 0.106. The Kier molecular flexibility index (Phi) is 5.17. The van der Waals surface area contributed by atoms with Gasteiger partial charge in [0.2, 0.25) is 0 Å². The van der Waals surface area contributed by atoms with Gasteiger partial charge in [0.1, 0.15) is 5.56 Å². The Morgan fingerprint density at radius 2 is 2.00 bits per heavy atom. The molecule has 2 rings (SSSR count). The van der Waals surface area contributed by atoms with Gasteiger partial charge >= 0.3 is 5.97 Å². The van der Waals surface area contributed by atoms with Crippen LogP contribution >= 0.6 is 0 Å². The van der Waals surface area contributed by atoms with E-state index in [-0.39, 0.29) is 5.56 Å². The lowest BCUT2D eigenvalue weighted by molar-refractivity contribution is 0.0692. The van der Waals surface area contributed by atoms with Crippen LogP contribution in [-0.4, -0.2) is 39.7 Å². The van der Waals surface area contributed by atoms with Crippen LogP contribution in [0.1, 0.15) is 48.5 Å². The maximum atomic E-state index is 12.3. The molecule has 116 valence electrons. The average Bonchev–Trinajstić information content (AvgIpc) is 2.47. The molecule has 5 heteroatoms. The van der Waals surface area contributed by atoms with Crippen molar-refractivity contribution in [3.8, 4) is 0 Å². The van der Waals surface area contributed by atoms with E-state index in [0.29, 0.717) is 18.2 Å². The number of piperidine rings is 1. The van der Waals surface area contributed by atoms with Crippen molar-refractivity contribution in [2.45, 2.75) is 52.1 Å². The SMILES string of the molecule is CCC(Cn1ccc(C)c(C(=O)O)c1=O)N1CCCCC1. The molecule has 21 heavy (non-hydrogen) atoms. The molecule has 1 atom stereocenters. The van der Waals surface area contributed by atoms with Gasteiger partial charge in [-0.3, -0.25) is 9.69 Å². The third-order valence-corrected chi connectivity index (χ3v) is 4.37. The van der Waals surface area contributed by atoms with Gasteiger partial charge in [-0.15, -0.1) is 0 Å². The molecular weight excluding hydrogens is 268 g/mol. The number of carbonyl (C=O) groups is 1. The summed E-state index contributed by atoms with van der Waals surface area (Å²) >= 11 is 0. The van der Waals surface area contributed by atoms with Crippen LogP contribution in [0.25, 0.3) is 0 Å². The Balaban J connectivity index is 2.23. The predicted octanol–water partition coefficient (Wildman–Crippen LogP) is 2.12. The molecule has 0 aromatic carbocycles. The summed E-state index contributed by atoms with van der Waals surface area (Å²) in [5.41, 5.74) is 0.0266. The Morgan fingerprint density at radius 3 is 2.57 bits per heavy atom. The van der Waals surface area contributed by atoms with Gasteiger partial charge in [0.25, 0.3) is 5.56 Å². The Labute approximate surface area is 125 Å². The first kappa shape index (κ1) is 15.8. The molecule has 1 unspecified atom stereocenters. The summed E-state index contributed by atoms with van der Waals surface area (Å²) in [6, 6.07) is 2.01. The van der Waals surface area contributed by atoms with E-state index < -0.39 is 11.5 Å². The first-order valence-electron chi connectivity index (χ1n) is 7.72. The number of pyridine rings is 1. The monoisotopic (exact) mass is 292 g/mol. The van der Waals surface area contributed by atoms with Crippen LogP contribution in [0, 0.1) is 6.92 Å². The zero-order valence-corrected chi connectivity index (χ0v) is 12.8. The van der Waals surface area contributed by atoms with Crippen LogP contribution in [0.2, 0.25) is 0 Å². The summed E-state index contributed by atoms with van der Waals surface area (Å²) in [7, 11) is 0. The quantitative estimate of drug-likeness (QED) is 0.903. The van der Waals surface area contributed by atoms with Crippen molar-refractivity contribution in [1.29, 1.82) is 0 Å². The lowest BCUT2D eigenvalue weighted by Gasteiger charge is -2.34. The number of likely N-dealkylation sites (tertiary alicyclic amines) is 1. The van der Waals surface area contributed by atoms with Crippen molar-refractivity contribution < 1.29 is 9.90 Å². The molecule has 1 fully saturated rings. The van der Waals surface area contributed by atoms with Crippen LogP contribution in [0.15, 0.2) is 17.1 Å². The second kappa shape index (κ2) is 6.89. The fraction of sp³-hybridized carbons (Fsp3) is 0.625. The first-order chi connectivity index (χ1) is 10.0. The molecule has 0 amide bonds. The maximum absolute atomic E-state index is 12.3. The number of hydrogen-bond acceptors (Lipinski definition) is 3. The van der Waals surface area contributed by atoms with Gasteiger partial charge in [-0.2, -0.15) is 0 Å². The van der Waals surface area contributed by atoms with E-state index in [1.54, 1.807) is 23.8 Å². The number of aromatic nitrogens is 1. The molecule has 0 bridgehead atoms. The highest BCUT2D eigenvalue weighted by atomic mass is 16.4. The smallest absolute Gasteiger partial charge is 0.341 e. The van der Waals surface area contributed by atoms with Gasteiger partial charge in [0.15, 0.2) is 0 Å². The van der Waals surface area contributed by atoms with E-state index in [4.69, 9.17) is 0 Å². The highest BCUT2D eigenvalue weighted by Gasteiger charge is 2.21. The molecule has 5 nitrogen and oxygen atoms in total. The molecule has 0 saturated carbocycles. The van der Waals surface area contributed by atoms with Gasteiger partial charge in [0, 0.05) is 18.8 Å². The van der Waals surface area contributed by atoms with Crippen molar-refractivity contribution in [3.05, 3.63) is 33.7 Å². The number of carboxylic acid groups (broad SMARTS) is 1. The largest absolute Gasteiger partial charge is 0.477 e. The van der Waals surface area contributed by atoms with E-state index in [1.165, 1.54) is 19.3 Å². The minimum Gasteiger partial charge on any atom is -0.477 e. The highest BCUT2D eigenvalue weighted by molar-refractivity contribution is 5.88. The fourth-order valence-electron chi connectivity index (χ4n) is 3.08. The molecule has 0 aliphatic carbocycles. The third-order valence-electron chi connectivity index (χ3n) is 4.37. The van der Waals surface area contributed by atoms with Crippen molar-refractivity contribution in [2.75, 3.05) is 13.1 Å². The molecule has 1 aliphatic rings. The molecule has 2 heterocycles. The average molecular weight is 292 g/mol. The molecule has 0 spiro atoms. The second-order valence-corrected chi connectivity index (χ2v) is 5.80. The Morgan fingerprint density at radius 1 is 1.33 bits per heavy atom. The maximum Gasteiger partial charge on any atom is 0.341 e. The van der Waals surface area contributed by atoms with Crippen molar-refractivity contribution in [3.63, 3.8) is 0 Å². The number of rotatable bonds is 5. The van der Waals surface area contributed by atoms with Gasteiger partial charge in [-0.1, -0.05) is 13.3 Å². The molecule has 1 aromatic rings. The predicted molar refractivity (Wildman–Crippen MR) is 81.9 cm³/mol. The summed E-state index contributed by atoms with van der Waals surface area (Å²) in [6.45, 7) is 6.50. The Hall–Kier alpha value is -1.62. The van der Waals surface area contributed by atoms with E-state index in [1.807, 2.05) is 0 Å². The topological polar surface area (TPSA) is 62.5 Å². The summed E-state index contributed by atoms with van der Waals surface area (Å²) in [5, 5.41) is 9.19. The molecule has 1 N–H and O–H groups in total. The zero-order chi connectivity index (χ0) is 15.4. The summed E-state index contributed by atoms with van der Waals surface area (Å²) in [5.74, 6) is -1.14. The zero-order valence-electron chi connectivity index (χ0n) is 12.8. The lowest BCUT2D eigenvalue weighted by Crippen LogP contribution is -2.43. The van der Waals surface area contributed by atoms with Gasteiger partial charge in [-0.25, -0.2) is 4.79 Å². The molecular formula is C16H24N2O3. The van der Waals surface area contributed by atoms with Crippen LogP contribution in [0.3, 0.4) is 0 Å². The number of nitrogens with zero attached hydrogens (tertiary/aromatic N) is 2. The second-order valence-electron chi connectivity index (χ2n) is 5.80. The van der Waals surface area contributed by atoms with E-state index in [2.05, 4.69) is 11.8 Å². The van der Waals surface area contributed by atoms with Crippen LogP contribution in [-0.2, 0) is 6.54 Å². The molecule has 0 radical (unpaired) electrons. The number of aromatic carboxylic acids is 1. The number of hydrogen-bond donors (Lipinski definition) is 1. The van der Waals surface area contributed by atoms with Crippen LogP contribution < -0.4 is 5.56 Å². The van der Waals surface area contributed by atoms with Gasteiger partial charge in [-0.05, 0) is 50.9 Å². The fourth-order valence-corrected chi connectivity index (χ4v) is 3.08. The minimum atomic E-state index is -1.14. The van der Waals surface area contributed by atoms with E-state index >= 15 is 0 Å². The van der Waals surface area contributed by atoms with Crippen LogP contribution in [0.4, 0.5) is 0 Å². The van der Waals surface area contributed by atoms with Gasteiger partial charge < -0.3 is 9.67 Å². The van der Waals surface area contributed by atoms with Gasteiger partial charge in [0.05, 0.1) is 0 Å². The highest BCUT2D eigenvalue weighted by Crippen LogP contribution is 2.15. The molecule has 1 aliphatic heterocycles. The Bertz CT molecular complexity index is 559. The normalized spacial score (nSPS) is 17.6. The summed E-state index contributed by atoms with van der Waals surface area (Å²) in [4.78, 5) is 26.0. The van der Waals surface area contributed by atoms with Crippen molar-refractivity contribution >= 4 is 5.97 Å². The van der Waals surface area contributed by atoms with Crippen molar-refractivity contribution in [1.82, 2.24) is 9.47 Å². The first-order valence-corrected chi connectivity index (χ1v) is 7.72. The number of aryl methyl sites for hydroxylation is 1. The molecule has 1 saturated heterocycles. The summed E-state index contributed by atoms with van der Waals surface area (Å²) in [6.07, 6.45) is 6.37. The van der Waals surface area contributed by atoms with Crippen LogP contribution in [0.5, 0.6) is 0 Å². The summed E-state index contributed by atoms with van der Waals surface area (Å²) < 4.78 is 1.55. The lowest BCUT2D eigenvalue weighted by atomic mass is 10.1. The number of carboxylic acids is 1. The standard InChI is InChI=1S/C16H24N2O3/c1-3-13(17-8-5-4-6-9-17)11-18-10-7-12(2)14(15(18)19)16(20)21/h7,10,13H,3-6,8-9,11H2,1-2H3,(H,20,21). The molecule has 1 aromatic heterocycles. The van der Waals surface area contributed by atoms with E-state index in [0.717, 1.165) is 19.5 Å². The van der Waals surface area contributed by atoms with E-state index in [9.17, 15) is 14.7 Å².